The van der Waals surface area contributed by atoms with Gasteiger partial charge < -0.3 is 4.90 Å². The van der Waals surface area contributed by atoms with Gasteiger partial charge in [-0.3, -0.25) is 10.1 Å². The fraction of sp³-hybridized carbons (Fsp3) is 0.929. The first-order valence-electron chi connectivity index (χ1n) is 7.06. The van der Waals surface area contributed by atoms with E-state index in [2.05, 4.69) is 44.2 Å². The molecular formula is C14H28N2OS. The molecule has 1 N–H and O–H groups in total. The summed E-state index contributed by atoms with van der Waals surface area (Å²) >= 11 is 1.91. The average Bonchev–Trinajstić information content (AvgIpc) is 2.67. The van der Waals surface area contributed by atoms with Crippen LogP contribution < -0.4 is 5.32 Å². The van der Waals surface area contributed by atoms with Crippen LogP contribution in [-0.2, 0) is 4.79 Å². The molecule has 1 aliphatic rings. The lowest BCUT2D eigenvalue weighted by molar-refractivity contribution is -0.128. The summed E-state index contributed by atoms with van der Waals surface area (Å²) in [5.41, 5.74) is 0. The van der Waals surface area contributed by atoms with Crippen molar-refractivity contribution >= 4 is 17.7 Å². The second kappa shape index (κ2) is 6.80. The molecule has 0 bridgehead atoms. The van der Waals surface area contributed by atoms with Gasteiger partial charge in [-0.1, -0.05) is 27.7 Å². The SMILES string of the molecule is CCC(CC)(CN1C(=O)CNC1CC(C)C)SC. The molecule has 1 amide bonds. The van der Waals surface area contributed by atoms with Crippen LogP contribution in [-0.4, -0.2) is 41.1 Å². The normalized spacial score (nSPS) is 21.1. The Balaban J connectivity index is 2.74. The van der Waals surface area contributed by atoms with Gasteiger partial charge in [-0.05, 0) is 31.4 Å². The average molecular weight is 272 g/mol. The van der Waals surface area contributed by atoms with Crippen LogP contribution >= 0.6 is 11.8 Å². The van der Waals surface area contributed by atoms with E-state index in [0.717, 1.165) is 25.8 Å². The summed E-state index contributed by atoms with van der Waals surface area (Å²) in [6.07, 6.45) is 5.68. The van der Waals surface area contributed by atoms with E-state index in [9.17, 15) is 4.79 Å². The highest BCUT2D eigenvalue weighted by Gasteiger charge is 2.37. The maximum atomic E-state index is 12.0. The van der Waals surface area contributed by atoms with E-state index in [1.807, 2.05) is 11.8 Å². The van der Waals surface area contributed by atoms with Crippen molar-refractivity contribution in [2.45, 2.75) is 57.9 Å². The predicted octanol–water partition coefficient (Wildman–Crippen LogP) is 2.71. The van der Waals surface area contributed by atoms with E-state index in [-0.39, 0.29) is 16.8 Å². The molecule has 0 aromatic carbocycles. The van der Waals surface area contributed by atoms with Gasteiger partial charge in [-0.2, -0.15) is 11.8 Å². The topological polar surface area (TPSA) is 32.3 Å². The van der Waals surface area contributed by atoms with Crippen LogP contribution in [0.25, 0.3) is 0 Å². The third-order valence-electron chi connectivity index (χ3n) is 4.06. The van der Waals surface area contributed by atoms with Crippen LogP contribution in [0.2, 0.25) is 0 Å². The molecule has 0 aromatic rings. The van der Waals surface area contributed by atoms with Crippen molar-refractivity contribution < 1.29 is 4.79 Å². The molecule has 0 saturated carbocycles. The molecule has 1 fully saturated rings. The molecule has 1 atom stereocenters. The molecule has 0 aliphatic carbocycles. The Morgan fingerprint density at radius 3 is 2.50 bits per heavy atom. The molecule has 1 rings (SSSR count). The lowest BCUT2D eigenvalue weighted by atomic mass is 10.0. The number of hydrogen-bond donors (Lipinski definition) is 1. The fourth-order valence-electron chi connectivity index (χ4n) is 2.58. The van der Waals surface area contributed by atoms with E-state index in [0.29, 0.717) is 12.5 Å². The molecule has 1 unspecified atom stereocenters. The Morgan fingerprint density at radius 1 is 1.44 bits per heavy atom. The number of carbonyl (C=O) groups is 1. The van der Waals surface area contributed by atoms with Gasteiger partial charge in [0, 0.05) is 11.3 Å². The molecular weight excluding hydrogens is 244 g/mol. The number of nitrogens with one attached hydrogen (secondary N) is 1. The highest BCUT2D eigenvalue weighted by atomic mass is 32.2. The Bertz CT molecular complexity index is 269. The van der Waals surface area contributed by atoms with Crippen LogP contribution in [0.4, 0.5) is 0 Å². The van der Waals surface area contributed by atoms with Crippen LogP contribution in [0.3, 0.4) is 0 Å². The minimum atomic E-state index is 0.219. The molecule has 18 heavy (non-hydrogen) atoms. The lowest BCUT2D eigenvalue weighted by Crippen LogP contribution is -2.46. The van der Waals surface area contributed by atoms with E-state index < -0.39 is 0 Å². The zero-order chi connectivity index (χ0) is 13.8. The van der Waals surface area contributed by atoms with Gasteiger partial charge in [-0.15, -0.1) is 0 Å². The summed E-state index contributed by atoms with van der Waals surface area (Å²) in [4.78, 5) is 14.1. The third-order valence-corrected chi connectivity index (χ3v) is 5.63. The molecule has 1 saturated heterocycles. The van der Waals surface area contributed by atoms with Crippen LogP contribution in [0, 0.1) is 5.92 Å². The summed E-state index contributed by atoms with van der Waals surface area (Å²) < 4.78 is 0.219. The van der Waals surface area contributed by atoms with Gasteiger partial charge in [0.15, 0.2) is 0 Å². The number of rotatable bonds is 7. The minimum absolute atomic E-state index is 0.219. The summed E-state index contributed by atoms with van der Waals surface area (Å²) in [6.45, 7) is 10.3. The van der Waals surface area contributed by atoms with Gasteiger partial charge in [0.05, 0.1) is 12.7 Å². The Morgan fingerprint density at radius 2 is 2.06 bits per heavy atom. The molecule has 3 nitrogen and oxygen atoms in total. The summed E-state index contributed by atoms with van der Waals surface area (Å²) in [5.74, 6) is 0.879. The highest BCUT2D eigenvalue weighted by Crippen LogP contribution is 2.33. The van der Waals surface area contributed by atoms with Crippen LogP contribution in [0.15, 0.2) is 0 Å². The molecule has 0 spiro atoms. The maximum Gasteiger partial charge on any atom is 0.237 e. The van der Waals surface area contributed by atoms with Crippen molar-refractivity contribution in [2.24, 2.45) is 5.92 Å². The van der Waals surface area contributed by atoms with E-state index >= 15 is 0 Å². The summed E-state index contributed by atoms with van der Waals surface area (Å²) in [5, 5.41) is 3.35. The molecule has 0 aromatic heterocycles. The van der Waals surface area contributed by atoms with Crippen molar-refractivity contribution in [3.63, 3.8) is 0 Å². The number of hydrogen-bond acceptors (Lipinski definition) is 3. The largest absolute Gasteiger partial charge is 0.325 e. The Hall–Kier alpha value is -0.220. The monoisotopic (exact) mass is 272 g/mol. The first-order valence-corrected chi connectivity index (χ1v) is 8.28. The minimum Gasteiger partial charge on any atom is -0.325 e. The predicted molar refractivity (Wildman–Crippen MR) is 79.8 cm³/mol. The molecule has 0 radical (unpaired) electrons. The zero-order valence-electron chi connectivity index (χ0n) is 12.5. The number of nitrogens with zero attached hydrogens (tertiary/aromatic N) is 1. The number of thioether (sulfide) groups is 1. The summed E-state index contributed by atoms with van der Waals surface area (Å²) in [6, 6.07) is 0. The van der Waals surface area contributed by atoms with Crippen molar-refractivity contribution in [2.75, 3.05) is 19.3 Å². The van der Waals surface area contributed by atoms with Gasteiger partial charge in [0.1, 0.15) is 0 Å². The second-order valence-corrected chi connectivity index (χ2v) is 6.92. The molecule has 106 valence electrons. The van der Waals surface area contributed by atoms with Gasteiger partial charge in [0.25, 0.3) is 0 Å². The van der Waals surface area contributed by atoms with Crippen molar-refractivity contribution in [1.82, 2.24) is 10.2 Å². The first kappa shape index (κ1) is 15.8. The molecule has 1 heterocycles. The lowest BCUT2D eigenvalue weighted by Gasteiger charge is -2.37. The van der Waals surface area contributed by atoms with Gasteiger partial charge >= 0.3 is 0 Å². The van der Waals surface area contributed by atoms with Crippen molar-refractivity contribution in [3.8, 4) is 0 Å². The zero-order valence-corrected chi connectivity index (χ0v) is 13.3. The van der Waals surface area contributed by atoms with Gasteiger partial charge in [0.2, 0.25) is 5.91 Å². The van der Waals surface area contributed by atoms with Gasteiger partial charge in [-0.25, -0.2) is 0 Å². The fourth-order valence-corrected chi connectivity index (χ4v) is 3.43. The number of carbonyl (C=O) groups excluding carboxylic acids is 1. The molecule has 4 heteroatoms. The first-order chi connectivity index (χ1) is 8.48. The number of amides is 1. The van der Waals surface area contributed by atoms with E-state index in [1.165, 1.54) is 0 Å². The Kier molecular flexibility index (Phi) is 5.99. The van der Waals surface area contributed by atoms with E-state index in [1.54, 1.807) is 0 Å². The van der Waals surface area contributed by atoms with Crippen molar-refractivity contribution in [3.05, 3.63) is 0 Å². The smallest absolute Gasteiger partial charge is 0.237 e. The third kappa shape index (κ3) is 3.64. The van der Waals surface area contributed by atoms with Crippen molar-refractivity contribution in [1.29, 1.82) is 0 Å². The van der Waals surface area contributed by atoms with Crippen LogP contribution in [0.1, 0.15) is 47.0 Å². The Labute approximate surface area is 116 Å². The van der Waals surface area contributed by atoms with Crippen LogP contribution in [0.5, 0.6) is 0 Å². The summed E-state index contributed by atoms with van der Waals surface area (Å²) in [7, 11) is 0. The maximum absolute atomic E-state index is 12.0. The van der Waals surface area contributed by atoms with E-state index in [4.69, 9.17) is 0 Å². The second-order valence-electron chi connectivity index (χ2n) is 5.64. The standard InChI is InChI=1S/C14H28N2OS/c1-6-14(7-2,18-5)10-16-12(8-11(3)4)15-9-13(16)17/h11-12,15H,6-10H2,1-5H3. The quantitative estimate of drug-likeness (QED) is 0.773. The molecule has 1 aliphatic heterocycles. The highest BCUT2D eigenvalue weighted by molar-refractivity contribution is 8.00.